The standard InChI is InChI=1S/C81H143N2O6P/c1-6-8-10-12-14-16-18-20-22-24-26-28-30-32-34-36-37-38-39-40-41-42-43-44-45-47-49-51-53-55-57-59-61-63-65-67-69-71-73-75-81(85)82-79(78-89-90(86,87)88-77-76-83(3,4)5)80(84)74-72-70-68-66-64-62-60-58-56-54-52-50-48-46-35-33-31-29-27-25-23-21-19-17-15-13-11-9-7-2/h8,10,14,16,20,22,26,28,32,34,37-38,40-41,43-44,47,49,53,55,72,74,79-80,84H,6-7,9,11-13,15,17-19,21,23-25,27,29-31,33,35-36,39,42,45-46,48,50-52,54,56-71,73,75-78H2,1-5H3,(H-,82,85,86,87)/b10-8-,16-14-,22-20-,28-26-,34-32-,38-37-,41-40-,44-43-,49-47-,55-53-,74-72+. The highest BCUT2D eigenvalue weighted by atomic mass is 31.2. The summed E-state index contributed by atoms with van der Waals surface area (Å²) < 4.78 is 23.5. The molecule has 90 heavy (non-hydrogen) atoms. The van der Waals surface area contributed by atoms with Gasteiger partial charge in [-0.1, -0.05) is 353 Å². The van der Waals surface area contributed by atoms with E-state index in [9.17, 15) is 19.4 Å². The molecule has 0 saturated heterocycles. The second kappa shape index (κ2) is 70.0. The zero-order valence-corrected chi connectivity index (χ0v) is 60.2. The largest absolute Gasteiger partial charge is 0.756 e. The minimum atomic E-state index is -4.62. The maximum Gasteiger partial charge on any atom is 0.268 e. The summed E-state index contributed by atoms with van der Waals surface area (Å²) in [5.74, 6) is -0.207. The summed E-state index contributed by atoms with van der Waals surface area (Å²) in [5, 5.41) is 14.0. The van der Waals surface area contributed by atoms with Crippen molar-refractivity contribution in [2.45, 2.75) is 334 Å². The van der Waals surface area contributed by atoms with E-state index >= 15 is 0 Å². The monoisotopic (exact) mass is 1270 g/mol. The predicted octanol–water partition coefficient (Wildman–Crippen LogP) is 23.9. The molecule has 0 aromatic heterocycles. The molecule has 9 heteroatoms. The molecular weight excluding hydrogens is 1130 g/mol. The number of carbonyl (C=O) groups excluding carboxylic acids is 1. The van der Waals surface area contributed by atoms with Gasteiger partial charge < -0.3 is 28.8 Å². The second-order valence-corrected chi connectivity index (χ2v) is 27.7. The highest BCUT2D eigenvalue weighted by Gasteiger charge is 2.23. The van der Waals surface area contributed by atoms with E-state index in [4.69, 9.17) is 9.05 Å². The maximum atomic E-state index is 13.1. The van der Waals surface area contributed by atoms with Crippen molar-refractivity contribution in [1.29, 1.82) is 0 Å². The average molecular weight is 1270 g/mol. The van der Waals surface area contributed by atoms with E-state index in [0.29, 0.717) is 17.4 Å². The van der Waals surface area contributed by atoms with E-state index in [1.54, 1.807) is 6.08 Å². The van der Waals surface area contributed by atoms with Crippen LogP contribution in [-0.4, -0.2) is 68.5 Å². The lowest BCUT2D eigenvalue weighted by Crippen LogP contribution is -2.45. The molecule has 0 fully saturated rings. The summed E-state index contributed by atoms with van der Waals surface area (Å²) in [4.78, 5) is 25.7. The van der Waals surface area contributed by atoms with Gasteiger partial charge in [0.15, 0.2) is 0 Å². The van der Waals surface area contributed by atoms with Gasteiger partial charge in [0.2, 0.25) is 5.91 Å². The molecule has 3 atom stereocenters. The average Bonchev–Trinajstić information content (AvgIpc) is 3.72. The van der Waals surface area contributed by atoms with E-state index in [0.717, 1.165) is 116 Å². The van der Waals surface area contributed by atoms with Gasteiger partial charge in [-0.15, -0.1) is 0 Å². The number of nitrogens with one attached hydrogen (secondary N) is 1. The molecule has 0 spiro atoms. The van der Waals surface area contributed by atoms with Crippen molar-refractivity contribution >= 4 is 13.7 Å². The molecule has 0 bridgehead atoms. The number of phosphoric ester groups is 1. The molecule has 518 valence electrons. The van der Waals surface area contributed by atoms with Gasteiger partial charge in [0.05, 0.1) is 39.9 Å². The number of likely N-dealkylation sites (N-methyl/N-ethyl adjacent to an activating group) is 1. The van der Waals surface area contributed by atoms with Crippen molar-refractivity contribution in [2.75, 3.05) is 40.9 Å². The van der Waals surface area contributed by atoms with Crippen molar-refractivity contribution < 1.29 is 32.9 Å². The molecular formula is C81H143N2O6P. The molecule has 3 unspecified atom stereocenters. The summed E-state index contributed by atoms with van der Waals surface area (Å²) in [6.07, 6.45) is 106. The van der Waals surface area contributed by atoms with Crippen LogP contribution in [0, 0.1) is 0 Å². The van der Waals surface area contributed by atoms with Gasteiger partial charge in [0, 0.05) is 6.42 Å². The lowest BCUT2D eigenvalue weighted by Gasteiger charge is -2.29. The third-order valence-corrected chi connectivity index (χ3v) is 17.3. The molecule has 0 aliphatic heterocycles. The van der Waals surface area contributed by atoms with Crippen LogP contribution >= 0.6 is 7.82 Å². The van der Waals surface area contributed by atoms with Crippen LogP contribution in [0.1, 0.15) is 322 Å². The van der Waals surface area contributed by atoms with Gasteiger partial charge in [-0.25, -0.2) is 0 Å². The third-order valence-electron chi connectivity index (χ3n) is 16.4. The van der Waals surface area contributed by atoms with Crippen LogP contribution in [0.3, 0.4) is 0 Å². The molecule has 0 aliphatic rings. The van der Waals surface area contributed by atoms with E-state index in [1.807, 2.05) is 27.2 Å². The molecule has 0 radical (unpaired) electrons. The summed E-state index contributed by atoms with van der Waals surface area (Å²) >= 11 is 0. The van der Waals surface area contributed by atoms with Crippen LogP contribution < -0.4 is 10.2 Å². The number of allylic oxidation sites excluding steroid dienone is 21. The number of aliphatic hydroxyl groups excluding tert-OH is 1. The molecule has 2 N–H and O–H groups in total. The van der Waals surface area contributed by atoms with E-state index in [-0.39, 0.29) is 19.1 Å². The first-order valence-corrected chi connectivity index (χ1v) is 39.0. The Morgan fingerprint density at radius 1 is 0.400 bits per heavy atom. The molecule has 0 saturated carbocycles. The van der Waals surface area contributed by atoms with Crippen LogP contribution in [0.2, 0.25) is 0 Å². The molecule has 0 heterocycles. The number of hydrogen-bond donors (Lipinski definition) is 2. The topological polar surface area (TPSA) is 108 Å². The van der Waals surface area contributed by atoms with Gasteiger partial charge >= 0.3 is 0 Å². The molecule has 0 aliphatic carbocycles. The van der Waals surface area contributed by atoms with E-state index in [2.05, 4.69) is 141 Å². The number of carbonyl (C=O) groups is 1. The van der Waals surface area contributed by atoms with Gasteiger partial charge in [0.25, 0.3) is 7.82 Å². The minimum absolute atomic E-state index is 0.00837. The van der Waals surface area contributed by atoms with Crippen molar-refractivity contribution in [2.24, 2.45) is 0 Å². The summed E-state index contributed by atoms with van der Waals surface area (Å²) in [6.45, 7) is 4.55. The number of nitrogens with zero attached hydrogens (tertiary/aromatic N) is 1. The van der Waals surface area contributed by atoms with Crippen LogP contribution in [0.15, 0.2) is 134 Å². The summed E-state index contributed by atoms with van der Waals surface area (Å²) in [6, 6.07) is -0.903. The molecule has 0 aromatic carbocycles. The number of quaternary nitrogens is 1. The quantitative estimate of drug-likeness (QED) is 0.0272. The zero-order chi connectivity index (χ0) is 65.5. The Labute approximate surface area is 557 Å². The van der Waals surface area contributed by atoms with Crippen LogP contribution in [0.25, 0.3) is 0 Å². The normalized spacial score (nSPS) is 14.3. The van der Waals surface area contributed by atoms with Crippen molar-refractivity contribution in [1.82, 2.24) is 5.32 Å². The predicted molar refractivity (Wildman–Crippen MR) is 394 cm³/mol. The fourth-order valence-electron chi connectivity index (χ4n) is 10.6. The fourth-order valence-corrected chi connectivity index (χ4v) is 11.3. The number of hydrogen-bond acceptors (Lipinski definition) is 6. The lowest BCUT2D eigenvalue weighted by molar-refractivity contribution is -0.870. The number of aliphatic hydroxyl groups is 1. The van der Waals surface area contributed by atoms with Gasteiger partial charge in [-0.3, -0.25) is 9.36 Å². The van der Waals surface area contributed by atoms with E-state index in [1.165, 1.54) is 186 Å². The molecule has 1 amide bonds. The molecule has 0 rings (SSSR count). The Kier molecular flexibility index (Phi) is 67.4. The SMILES string of the molecule is CC/C=C\C/C=C\C/C=C\C/C=C\C/C=C\C/C=C\C/C=C\C/C=C\C/C=C\C/C=C\CCCCCCCCCCC(=O)NC(COP(=O)([O-])OCC[N+](C)(C)C)C(O)/C=C/CCCCCCCCCCCCCCCCCCCCCCCCCCCCC. The Morgan fingerprint density at radius 3 is 0.989 bits per heavy atom. The van der Waals surface area contributed by atoms with Crippen molar-refractivity contribution in [3.05, 3.63) is 134 Å². The second-order valence-electron chi connectivity index (χ2n) is 26.3. The van der Waals surface area contributed by atoms with Crippen LogP contribution in [0.4, 0.5) is 0 Å². The Bertz CT molecular complexity index is 1930. The summed E-state index contributed by atoms with van der Waals surface area (Å²) in [7, 11) is 1.25. The lowest BCUT2D eigenvalue weighted by atomic mass is 10.0. The van der Waals surface area contributed by atoms with Crippen molar-refractivity contribution in [3.63, 3.8) is 0 Å². The maximum absolute atomic E-state index is 13.1. The highest BCUT2D eigenvalue weighted by molar-refractivity contribution is 7.45. The van der Waals surface area contributed by atoms with E-state index < -0.39 is 20.0 Å². The first-order chi connectivity index (χ1) is 44.0. The number of unbranched alkanes of at least 4 members (excludes halogenated alkanes) is 35. The van der Waals surface area contributed by atoms with Crippen LogP contribution in [-0.2, 0) is 18.4 Å². The van der Waals surface area contributed by atoms with Gasteiger partial charge in [-0.05, 0) is 96.3 Å². The Morgan fingerprint density at radius 2 is 0.678 bits per heavy atom. The fraction of sp³-hybridized carbons (Fsp3) is 0.716. The Balaban J connectivity index is 4.12. The smallest absolute Gasteiger partial charge is 0.268 e. The van der Waals surface area contributed by atoms with Crippen LogP contribution in [0.5, 0.6) is 0 Å². The number of amides is 1. The zero-order valence-electron chi connectivity index (χ0n) is 59.3. The summed E-state index contributed by atoms with van der Waals surface area (Å²) in [5.41, 5.74) is 0. The molecule has 8 nitrogen and oxygen atoms in total. The molecule has 0 aromatic rings. The number of phosphoric acid groups is 1. The third kappa shape index (κ3) is 72.1. The van der Waals surface area contributed by atoms with Crippen molar-refractivity contribution in [3.8, 4) is 0 Å². The van der Waals surface area contributed by atoms with Gasteiger partial charge in [-0.2, -0.15) is 0 Å². The first-order valence-electron chi connectivity index (χ1n) is 37.5. The van der Waals surface area contributed by atoms with Gasteiger partial charge in [0.1, 0.15) is 13.2 Å². The minimum Gasteiger partial charge on any atom is -0.756 e. The number of rotatable bonds is 68. The first kappa shape index (κ1) is 86.6. The Hall–Kier alpha value is -3.36. The highest BCUT2D eigenvalue weighted by Crippen LogP contribution is 2.38.